The van der Waals surface area contributed by atoms with Crippen molar-refractivity contribution in [3.05, 3.63) is 0 Å². The highest BCUT2D eigenvalue weighted by Crippen LogP contribution is 2.63. The summed E-state index contributed by atoms with van der Waals surface area (Å²) in [5.41, 5.74) is 0. The zero-order chi connectivity index (χ0) is 7.99. The van der Waals surface area contributed by atoms with E-state index in [0.29, 0.717) is 0 Å². The van der Waals surface area contributed by atoms with Crippen LogP contribution >= 0.6 is 7.91 Å². The molecule has 0 amide bonds. The first-order valence-electron chi connectivity index (χ1n) is 2.98. The Morgan fingerprint density at radius 1 is 1.40 bits per heavy atom. The molecule has 6 heteroatoms. The van der Waals surface area contributed by atoms with E-state index in [4.69, 9.17) is 0 Å². The molecule has 0 radical (unpaired) electrons. The lowest BCUT2D eigenvalue weighted by Crippen LogP contribution is -2.38. The summed E-state index contributed by atoms with van der Waals surface area (Å²) in [7, 11) is -4.06. The van der Waals surface area contributed by atoms with Crippen LogP contribution in [-0.4, -0.2) is 14.8 Å². The second-order valence-electron chi connectivity index (χ2n) is 3.34. The lowest BCUT2D eigenvalue weighted by molar-refractivity contribution is 0.218. The van der Waals surface area contributed by atoms with Gasteiger partial charge in [-0.3, -0.25) is 0 Å². The largest absolute Gasteiger partial charge is 0.697 e. The van der Waals surface area contributed by atoms with Crippen molar-refractivity contribution in [3.8, 4) is 0 Å². The Morgan fingerprint density at radius 2 is 1.80 bits per heavy atom. The second kappa shape index (κ2) is 2.30. The van der Waals surface area contributed by atoms with Gasteiger partial charge in [0.15, 0.2) is 0 Å². The van der Waals surface area contributed by atoms with E-state index in [1.54, 1.807) is 0 Å². The molecule has 3 nitrogen and oxygen atoms in total. The monoisotopic (exact) mass is 182 g/mol. The summed E-state index contributed by atoms with van der Waals surface area (Å²) in [5.74, 6) is 0. The Labute approximate surface area is 64.2 Å². The molecule has 0 aliphatic carbocycles. The van der Waals surface area contributed by atoms with Crippen LogP contribution in [0.2, 0.25) is 4.28 Å². The topological polar surface area (TPSA) is 35.5 Å². The van der Waals surface area contributed by atoms with Gasteiger partial charge in [-0.05, 0) is 4.28 Å². The fourth-order valence-corrected chi connectivity index (χ4v) is 4.98. The van der Waals surface area contributed by atoms with Crippen LogP contribution in [0, 0.1) is 0 Å². The third-order valence-corrected chi connectivity index (χ3v) is 6.11. The standard InChI is InChI=1S/C4H9.Al.FH2O3P/c1-4(2)3;;1-5(2,3)4/h1-3H3;;(H2,2,3,4)/q;+2;/p-2. The summed E-state index contributed by atoms with van der Waals surface area (Å²) < 4.78 is 31.2. The summed E-state index contributed by atoms with van der Waals surface area (Å²) in [5, 5.41) is 0. The van der Waals surface area contributed by atoms with Crippen molar-refractivity contribution in [2.24, 2.45) is 0 Å². The second-order valence-corrected chi connectivity index (χ2v) is 8.28. The molecule has 1 aliphatic rings. The zero-order valence-electron chi connectivity index (χ0n) is 6.13. The molecular formula is C4H9AlFO3P. The Kier molecular flexibility index (Phi) is 2.00. The molecule has 0 N–H and O–H groups in total. The predicted molar refractivity (Wildman–Crippen MR) is 36.4 cm³/mol. The molecule has 0 aromatic rings. The first kappa shape index (κ1) is 8.71. The van der Waals surface area contributed by atoms with Gasteiger partial charge in [0.25, 0.3) is 0 Å². The highest BCUT2D eigenvalue weighted by molar-refractivity contribution is 7.54. The van der Waals surface area contributed by atoms with Gasteiger partial charge in [-0.1, -0.05) is 20.8 Å². The molecular weight excluding hydrogens is 173 g/mol. The van der Waals surface area contributed by atoms with Crippen molar-refractivity contribution in [1.29, 1.82) is 0 Å². The summed E-state index contributed by atoms with van der Waals surface area (Å²) in [4.78, 5) is 0. The zero-order valence-corrected chi connectivity index (χ0v) is 8.18. The quantitative estimate of drug-likeness (QED) is 0.426. The van der Waals surface area contributed by atoms with Gasteiger partial charge < -0.3 is 7.15 Å². The maximum absolute atomic E-state index is 12.1. The summed E-state index contributed by atoms with van der Waals surface area (Å²) in [6.07, 6.45) is 0. The van der Waals surface area contributed by atoms with E-state index in [0.717, 1.165) is 0 Å². The smallest absolute Gasteiger partial charge is 0.385 e. The molecule has 1 fully saturated rings. The maximum Gasteiger partial charge on any atom is 0.697 e. The summed E-state index contributed by atoms with van der Waals surface area (Å²) >= 11 is -1.95. The number of rotatable bonds is 0. The van der Waals surface area contributed by atoms with E-state index >= 15 is 0 Å². The molecule has 10 heavy (non-hydrogen) atoms. The summed E-state index contributed by atoms with van der Waals surface area (Å²) in [6, 6.07) is 0. The molecule has 0 aromatic heterocycles. The van der Waals surface area contributed by atoms with Crippen LogP contribution in [0.1, 0.15) is 20.8 Å². The minimum absolute atomic E-state index is 0.167. The van der Waals surface area contributed by atoms with Crippen LogP contribution in [-0.2, 0) is 11.7 Å². The van der Waals surface area contributed by atoms with E-state index in [-0.39, 0.29) is 4.28 Å². The van der Waals surface area contributed by atoms with Crippen LogP contribution in [0.3, 0.4) is 0 Å². The highest BCUT2D eigenvalue weighted by atomic mass is 31.2. The SMILES string of the molecule is C[C](C)(C)[Al]1[O]P(=O)(F)[O]1. The van der Waals surface area contributed by atoms with Gasteiger partial charge in [-0.2, -0.15) is 0 Å². The van der Waals surface area contributed by atoms with Crippen LogP contribution in [0.5, 0.6) is 0 Å². The molecule has 1 saturated heterocycles. The van der Waals surface area contributed by atoms with Crippen LogP contribution in [0.25, 0.3) is 0 Å². The maximum atomic E-state index is 12.1. The van der Waals surface area contributed by atoms with E-state index in [2.05, 4.69) is 7.15 Å². The number of hydrogen-bond donors (Lipinski definition) is 0. The fourth-order valence-electron chi connectivity index (χ4n) is 0.553. The van der Waals surface area contributed by atoms with Crippen molar-refractivity contribution < 1.29 is 15.9 Å². The van der Waals surface area contributed by atoms with Gasteiger partial charge in [0.05, 0.1) is 0 Å². The molecule has 58 valence electrons. The molecule has 1 rings (SSSR count). The van der Waals surface area contributed by atoms with E-state index in [1.165, 1.54) is 0 Å². The van der Waals surface area contributed by atoms with Gasteiger partial charge in [-0.15, -0.1) is 4.20 Å². The molecule has 0 spiro atoms. The fraction of sp³-hybridized carbons (Fsp3) is 1.00. The van der Waals surface area contributed by atoms with Gasteiger partial charge >= 0.3 is 22.7 Å². The van der Waals surface area contributed by atoms with Gasteiger partial charge in [0, 0.05) is 0 Å². The molecule has 1 heterocycles. The van der Waals surface area contributed by atoms with Gasteiger partial charge in [0.1, 0.15) is 0 Å². The van der Waals surface area contributed by atoms with Crippen LogP contribution < -0.4 is 0 Å². The van der Waals surface area contributed by atoms with E-state index in [1.807, 2.05) is 20.8 Å². The third-order valence-electron chi connectivity index (χ3n) is 1.15. The normalized spacial score (nSPS) is 24.2. The first-order chi connectivity index (χ1) is 4.31. The average Bonchev–Trinajstić information content (AvgIpc) is 1.56. The molecule has 0 saturated carbocycles. The van der Waals surface area contributed by atoms with E-state index < -0.39 is 22.7 Å². The third kappa shape index (κ3) is 1.81. The van der Waals surface area contributed by atoms with Gasteiger partial charge in [-0.25, -0.2) is 4.57 Å². The molecule has 0 atom stereocenters. The Bertz CT molecular complexity index is 179. The molecule has 1 aliphatic heterocycles. The van der Waals surface area contributed by atoms with Crippen molar-refractivity contribution >= 4 is 22.7 Å². The lowest BCUT2D eigenvalue weighted by Gasteiger charge is -2.33. The summed E-state index contributed by atoms with van der Waals surface area (Å²) in [6.45, 7) is 5.63. The van der Waals surface area contributed by atoms with Crippen LogP contribution in [0.4, 0.5) is 4.20 Å². The molecule has 0 bridgehead atoms. The Balaban J connectivity index is 2.48. The Morgan fingerprint density at radius 3 is 1.90 bits per heavy atom. The molecule has 0 unspecified atom stereocenters. The minimum Gasteiger partial charge on any atom is -0.385 e. The predicted octanol–water partition coefficient (Wildman–Crippen LogP) is 2.40. The lowest BCUT2D eigenvalue weighted by atomic mass is 10.2. The average molecular weight is 182 g/mol. The minimum atomic E-state index is -4.06. The number of halogens is 1. The number of hydrogen-bond acceptors (Lipinski definition) is 3. The first-order valence-corrected chi connectivity index (χ1v) is 5.93. The highest BCUT2D eigenvalue weighted by Gasteiger charge is 2.58. The van der Waals surface area contributed by atoms with Crippen molar-refractivity contribution in [2.75, 3.05) is 0 Å². The van der Waals surface area contributed by atoms with Crippen molar-refractivity contribution in [1.82, 2.24) is 0 Å². The van der Waals surface area contributed by atoms with Crippen LogP contribution in [0.15, 0.2) is 0 Å². The molecule has 0 aromatic carbocycles. The van der Waals surface area contributed by atoms with Crippen molar-refractivity contribution in [2.45, 2.75) is 25.0 Å². The Hall–Kier alpha value is 0.612. The van der Waals surface area contributed by atoms with Gasteiger partial charge in [0.2, 0.25) is 0 Å². The van der Waals surface area contributed by atoms with Crippen molar-refractivity contribution in [3.63, 3.8) is 0 Å². The van der Waals surface area contributed by atoms with E-state index in [9.17, 15) is 8.76 Å².